The summed E-state index contributed by atoms with van der Waals surface area (Å²) in [5, 5.41) is 2.83. The minimum absolute atomic E-state index is 0.0520. The summed E-state index contributed by atoms with van der Waals surface area (Å²) in [5.41, 5.74) is 1.17. The summed E-state index contributed by atoms with van der Waals surface area (Å²) < 4.78 is 31.2. The zero-order chi connectivity index (χ0) is 23.0. The first kappa shape index (κ1) is 24.8. The minimum atomic E-state index is -0.543. The molecule has 0 unspecified atom stereocenters. The number of rotatable bonds is 10. The van der Waals surface area contributed by atoms with Crippen LogP contribution in [-0.4, -0.2) is 44.8 Å². The molecule has 2 rings (SSSR count). The standard InChI is InChI=1S/C23H27BrFNO5/c1-5-30-23(28)15-7-8-20(25)16(11-15)17-12-19(24)18(22(27)26-14(2)3)13-21(17)31-10-6-9-29-4/h7-8,11-14H,5-6,9-10H2,1-4H3,(H,26,27). The second-order valence-electron chi connectivity index (χ2n) is 7.07. The molecule has 0 aliphatic carbocycles. The van der Waals surface area contributed by atoms with E-state index in [1.54, 1.807) is 26.2 Å². The van der Waals surface area contributed by atoms with Crippen molar-refractivity contribution < 1.29 is 28.2 Å². The number of ether oxygens (including phenoxy) is 3. The average molecular weight is 496 g/mol. The van der Waals surface area contributed by atoms with Crippen LogP contribution in [0.25, 0.3) is 11.1 Å². The molecule has 168 valence electrons. The molecule has 0 saturated heterocycles. The molecule has 0 bridgehead atoms. The van der Waals surface area contributed by atoms with E-state index in [4.69, 9.17) is 14.2 Å². The summed E-state index contributed by atoms with van der Waals surface area (Å²) >= 11 is 3.41. The smallest absolute Gasteiger partial charge is 0.338 e. The van der Waals surface area contributed by atoms with E-state index in [1.165, 1.54) is 18.2 Å². The maximum absolute atomic E-state index is 14.8. The molecule has 8 heteroatoms. The SMILES string of the molecule is CCOC(=O)c1ccc(F)c(-c2cc(Br)c(C(=O)NC(C)C)cc2OCCCOC)c1. The molecule has 0 aliphatic heterocycles. The van der Waals surface area contributed by atoms with Crippen LogP contribution in [0.4, 0.5) is 4.39 Å². The van der Waals surface area contributed by atoms with Gasteiger partial charge in [0.1, 0.15) is 11.6 Å². The third kappa shape index (κ3) is 6.77. The number of amides is 1. The van der Waals surface area contributed by atoms with Crippen LogP contribution in [0, 0.1) is 5.82 Å². The molecule has 0 aliphatic rings. The number of hydrogen-bond acceptors (Lipinski definition) is 5. The lowest BCUT2D eigenvalue weighted by Crippen LogP contribution is -2.30. The number of carbonyl (C=O) groups excluding carboxylic acids is 2. The second kappa shape index (κ2) is 11.8. The Morgan fingerprint density at radius 1 is 1.13 bits per heavy atom. The van der Waals surface area contributed by atoms with Gasteiger partial charge in [0.25, 0.3) is 5.91 Å². The van der Waals surface area contributed by atoms with Crippen molar-refractivity contribution in [2.45, 2.75) is 33.2 Å². The fraction of sp³-hybridized carbons (Fsp3) is 0.391. The van der Waals surface area contributed by atoms with Crippen LogP contribution in [0.5, 0.6) is 5.75 Å². The molecule has 0 heterocycles. The van der Waals surface area contributed by atoms with E-state index in [2.05, 4.69) is 21.2 Å². The first-order valence-corrected chi connectivity index (χ1v) is 10.8. The molecule has 2 aromatic carbocycles. The molecule has 0 fully saturated rings. The Balaban J connectivity index is 2.54. The maximum atomic E-state index is 14.8. The molecule has 0 radical (unpaired) electrons. The monoisotopic (exact) mass is 495 g/mol. The molecule has 1 N–H and O–H groups in total. The lowest BCUT2D eigenvalue weighted by atomic mass is 9.99. The van der Waals surface area contributed by atoms with E-state index in [9.17, 15) is 14.0 Å². The molecule has 0 aromatic heterocycles. The highest BCUT2D eigenvalue weighted by molar-refractivity contribution is 9.10. The summed E-state index contributed by atoms with van der Waals surface area (Å²) in [6.45, 7) is 6.44. The molecular formula is C23H27BrFNO5. The van der Waals surface area contributed by atoms with Gasteiger partial charge in [0.05, 0.1) is 24.3 Å². The van der Waals surface area contributed by atoms with Gasteiger partial charge in [-0.3, -0.25) is 4.79 Å². The van der Waals surface area contributed by atoms with E-state index in [0.29, 0.717) is 41.0 Å². The molecule has 6 nitrogen and oxygen atoms in total. The molecule has 0 spiro atoms. The van der Waals surface area contributed by atoms with Gasteiger partial charge in [-0.25, -0.2) is 9.18 Å². The van der Waals surface area contributed by atoms with Gasteiger partial charge >= 0.3 is 5.97 Å². The number of hydrogen-bond donors (Lipinski definition) is 1. The lowest BCUT2D eigenvalue weighted by Gasteiger charge is -2.17. The van der Waals surface area contributed by atoms with Crippen LogP contribution in [0.15, 0.2) is 34.8 Å². The van der Waals surface area contributed by atoms with E-state index >= 15 is 0 Å². The molecule has 0 atom stereocenters. The Labute approximate surface area is 190 Å². The van der Waals surface area contributed by atoms with Crippen LogP contribution < -0.4 is 10.1 Å². The molecule has 1 amide bonds. The quantitative estimate of drug-likeness (QED) is 0.371. The Morgan fingerprint density at radius 2 is 1.87 bits per heavy atom. The maximum Gasteiger partial charge on any atom is 0.338 e. The Morgan fingerprint density at radius 3 is 2.52 bits per heavy atom. The Hall–Kier alpha value is -2.45. The Bertz CT molecular complexity index is 932. The van der Waals surface area contributed by atoms with Gasteiger partial charge < -0.3 is 19.5 Å². The summed E-state index contributed by atoms with van der Waals surface area (Å²) in [6.07, 6.45) is 0.616. The lowest BCUT2D eigenvalue weighted by molar-refractivity contribution is 0.0526. The number of esters is 1. The van der Waals surface area contributed by atoms with Crippen LogP contribution in [0.3, 0.4) is 0 Å². The first-order valence-electron chi connectivity index (χ1n) is 10.0. The van der Waals surface area contributed by atoms with Crippen molar-refractivity contribution in [3.8, 4) is 16.9 Å². The highest BCUT2D eigenvalue weighted by Crippen LogP contribution is 2.37. The molecule has 0 saturated carbocycles. The zero-order valence-electron chi connectivity index (χ0n) is 18.1. The van der Waals surface area contributed by atoms with Gasteiger partial charge in [-0.1, -0.05) is 0 Å². The first-order chi connectivity index (χ1) is 14.8. The van der Waals surface area contributed by atoms with Gasteiger partial charge in [0, 0.05) is 41.8 Å². The topological polar surface area (TPSA) is 73.9 Å². The van der Waals surface area contributed by atoms with E-state index in [1.807, 2.05) is 13.8 Å². The van der Waals surface area contributed by atoms with Crippen molar-refractivity contribution in [2.24, 2.45) is 0 Å². The van der Waals surface area contributed by atoms with Crippen molar-refractivity contribution in [2.75, 3.05) is 26.9 Å². The van der Waals surface area contributed by atoms with Crippen LogP contribution in [0.2, 0.25) is 0 Å². The number of nitrogens with one attached hydrogen (secondary N) is 1. The Kier molecular flexibility index (Phi) is 9.45. The number of halogens is 2. The fourth-order valence-corrected chi connectivity index (χ4v) is 3.38. The second-order valence-corrected chi connectivity index (χ2v) is 7.92. The van der Waals surface area contributed by atoms with Crippen molar-refractivity contribution >= 4 is 27.8 Å². The van der Waals surface area contributed by atoms with Gasteiger partial charge in [0.15, 0.2) is 0 Å². The van der Waals surface area contributed by atoms with E-state index in [0.717, 1.165) is 0 Å². The zero-order valence-corrected chi connectivity index (χ0v) is 19.7. The third-order valence-electron chi connectivity index (χ3n) is 4.25. The summed E-state index contributed by atoms with van der Waals surface area (Å²) in [5.74, 6) is -1.02. The number of benzene rings is 2. The number of methoxy groups -OCH3 is 1. The summed E-state index contributed by atoms with van der Waals surface area (Å²) in [6, 6.07) is 7.14. The van der Waals surface area contributed by atoms with E-state index in [-0.39, 0.29) is 29.7 Å². The van der Waals surface area contributed by atoms with Crippen LogP contribution >= 0.6 is 15.9 Å². The summed E-state index contributed by atoms with van der Waals surface area (Å²) in [7, 11) is 1.59. The highest BCUT2D eigenvalue weighted by Gasteiger charge is 2.20. The van der Waals surface area contributed by atoms with Crippen molar-refractivity contribution in [1.29, 1.82) is 0 Å². The predicted octanol–water partition coefficient (Wildman–Crippen LogP) is 4.99. The van der Waals surface area contributed by atoms with Crippen LogP contribution in [0.1, 0.15) is 47.9 Å². The molecular weight excluding hydrogens is 469 g/mol. The van der Waals surface area contributed by atoms with Crippen molar-refractivity contribution in [1.82, 2.24) is 5.32 Å². The molecule has 31 heavy (non-hydrogen) atoms. The van der Waals surface area contributed by atoms with Gasteiger partial charge in [-0.15, -0.1) is 0 Å². The van der Waals surface area contributed by atoms with Crippen molar-refractivity contribution in [3.63, 3.8) is 0 Å². The van der Waals surface area contributed by atoms with Gasteiger partial charge in [-0.2, -0.15) is 0 Å². The summed E-state index contributed by atoms with van der Waals surface area (Å²) in [4.78, 5) is 24.7. The highest BCUT2D eigenvalue weighted by atomic mass is 79.9. The van der Waals surface area contributed by atoms with Crippen molar-refractivity contribution in [3.05, 3.63) is 51.7 Å². The van der Waals surface area contributed by atoms with Crippen LogP contribution in [-0.2, 0) is 9.47 Å². The number of carbonyl (C=O) groups is 2. The predicted molar refractivity (Wildman–Crippen MR) is 120 cm³/mol. The fourth-order valence-electron chi connectivity index (χ4n) is 2.86. The largest absolute Gasteiger partial charge is 0.493 e. The normalized spacial score (nSPS) is 10.8. The average Bonchev–Trinajstić information content (AvgIpc) is 2.71. The van der Waals surface area contributed by atoms with E-state index < -0.39 is 11.8 Å². The third-order valence-corrected chi connectivity index (χ3v) is 4.91. The van der Waals surface area contributed by atoms with Gasteiger partial charge in [0.2, 0.25) is 0 Å². The van der Waals surface area contributed by atoms with Gasteiger partial charge in [-0.05, 0) is 67.0 Å². The minimum Gasteiger partial charge on any atom is -0.493 e. The molecule has 2 aromatic rings.